The number of halogens is 1. The van der Waals surface area contributed by atoms with Crippen LogP contribution in [-0.2, 0) is 0 Å². The minimum atomic E-state index is -1.34. The van der Waals surface area contributed by atoms with Gasteiger partial charge in [-0.2, -0.15) is 0 Å². The fraction of sp³-hybridized carbons (Fsp3) is 0.118. The molecule has 3 rings (SSSR count). The van der Waals surface area contributed by atoms with Crippen molar-refractivity contribution in [3.63, 3.8) is 0 Å². The summed E-state index contributed by atoms with van der Waals surface area (Å²) >= 11 is 5.89. The Kier molecular flexibility index (Phi) is 4.69. The number of oxime groups is 1. The second-order valence-corrected chi connectivity index (χ2v) is 5.67. The average molecular weight is 360 g/mol. The molecular weight excluding hydrogens is 346 g/mol. The van der Waals surface area contributed by atoms with Crippen LogP contribution in [0.1, 0.15) is 17.4 Å². The van der Waals surface area contributed by atoms with Crippen molar-refractivity contribution in [3.05, 3.63) is 69.1 Å². The maximum absolute atomic E-state index is 12.3. The molecule has 0 radical (unpaired) electrons. The van der Waals surface area contributed by atoms with Crippen LogP contribution in [-0.4, -0.2) is 33.1 Å². The molecule has 3 N–H and O–H groups in total. The van der Waals surface area contributed by atoms with Crippen molar-refractivity contribution in [2.75, 3.05) is 7.11 Å². The summed E-state index contributed by atoms with van der Waals surface area (Å²) in [7, 11) is 1.52. The summed E-state index contributed by atoms with van der Waals surface area (Å²) in [6, 6.07) is 11.3. The van der Waals surface area contributed by atoms with E-state index in [1.165, 1.54) is 7.11 Å². The minimum Gasteiger partial charge on any atom is -0.497 e. The van der Waals surface area contributed by atoms with Crippen LogP contribution in [0.3, 0.4) is 0 Å². The molecule has 8 heteroatoms. The number of rotatable bonds is 4. The standard InChI is InChI=1S/C17H14ClN3O4/c1-25-11-5-2-9(3-6-11)16(22)14(21-24)15-17(23)20-13-8-10(18)4-7-12(13)19-15/h2-8,16,22,24H,1H3,(H,20,23)/b21-14-/t16-/m1/s1. The van der Waals surface area contributed by atoms with E-state index in [2.05, 4.69) is 15.1 Å². The lowest BCUT2D eigenvalue weighted by Gasteiger charge is -2.13. The molecule has 0 saturated heterocycles. The first-order chi connectivity index (χ1) is 12.0. The minimum absolute atomic E-state index is 0.180. The van der Waals surface area contributed by atoms with Crippen LogP contribution in [0.15, 0.2) is 52.4 Å². The van der Waals surface area contributed by atoms with Crippen LogP contribution in [0.2, 0.25) is 5.02 Å². The van der Waals surface area contributed by atoms with E-state index in [1.54, 1.807) is 42.5 Å². The SMILES string of the molecule is COc1ccc([C@@H](O)/C(=N\O)c2nc3ccc(Cl)cc3[nH]c2=O)cc1. The molecule has 0 aliphatic heterocycles. The first-order valence-corrected chi connectivity index (χ1v) is 7.65. The molecule has 0 spiro atoms. The Morgan fingerprint density at radius 2 is 2.00 bits per heavy atom. The van der Waals surface area contributed by atoms with Gasteiger partial charge in [0.2, 0.25) is 0 Å². The topological polar surface area (TPSA) is 108 Å². The van der Waals surface area contributed by atoms with Crippen molar-refractivity contribution in [2.24, 2.45) is 5.16 Å². The normalized spacial score (nSPS) is 13.0. The molecule has 0 amide bonds. The van der Waals surface area contributed by atoms with Crippen molar-refractivity contribution in [1.29, 1.82) is 0 Å². The van der Waals surface area contributed by atoms with Gasteiger partial charge in [-0.05, 0) is 35.9 Å². The maximum atomic E-state index is 12.3. The molecule has 3 aromatic rings. The van der Waals surface area contributed by atoms with Crippen LogP contribution in [0, 0.1) is 0 Å². The van der Waals surface area contributed by atoms with Gasteiger partial charge >= 0.3 is 0 Å². The van der Waals surface area contributed by atoms with E-state index in [0.717, 1.165) is 0 Å². The van der Waals surface area contributed by atoms with E-state index >= 15 is 0 Å². The summed E-state index contributed by atoms with van der Waals surface area (Å²) in [6.07, 6.45) is -1.34. The van der Waals surface area contributed by atoms with Crippen LogP contribution in [0.25, 0.3) is 11.0 Å². The Hall–Kier alpha value is -2.90. The highest BCUT2D eigenvalue weighted by Gasteiger charge is 2.23. The number of aliphatic hydroxyl groups excluding tert-OH is 1. The monoisotopic (exact) mass is 359 g/mol. The van der Waals surface area contributed by atoms with Gasteiger partial charge in [-0.25, -0.2) is 4.98 Å². The zero-order valence-electron chi connectivity index (χ0n) is 13.1. The van der Waals surface area contributed by atoms with Crippen LogP contribution >= 0.6 is 11.6 Å². The first-order valence-electron chi connectivity index (χ1n) is 7.27. The summed E-state index contributed by atoms with van der Waals surface area (Å²) in [5.41, 5.74) is 0.268. The van der Waals surface area contributed by atoms with Gasteiger partial charge in [-0.1, -0.05) is 28.9 Å². The van der Waals surface area contributed by atoms with E-state index in [4.69, 9.17) is 16.3 Å². The summed E-state index contributed by atoms with van der Waals surface area (Å²) in [5, 5.41) is 23.4. The zero-order valence-corrected chi connectivity index (χ0v) is 13.9. The summed E-state index contributed by atoms with van der Waals surface area (Å²) < 4.78 is 5.06. The Bertz CT molecular complexity index is 999. The number of aromatic nitrogens is 2. The summed E-state index contributed by atoms with van der Waals surface area (Å²) in [6.45, 7) is 0. The number of nitrogens with zero attached hydrogens (tertiary/aromatic N) is 2. The molecule has 1 aromatic heterocycles. The molecule has 0 fully saturated rings. The van der Waals surface area contributed by atoms with E-state index in [9.17, 15) is 15.1 Å². The van der Waals surface area contributed by atoms with Crippen LogP contribution in [0.4, 0.5) is 0 Å². The van der Waals surface area contributed by atoms with Crippen LogP contribution < -0.4 is 10.3 Å². The molecule has 25 heavy (non-hydrogen) atoms. The number of H-pyrrole nitrogens is 1. The molecule has 0 aliphatic rings. The van der Waals surface area contributed by atoms with Gasteiger partial charge in [0, 0.05) is 5.02 Å². The van der Waals surface area contributed by atoms with Gasteiger partial charge in [0.05, 0.1) is 18.1 Å². The third-order valence-corrected chi connectivity index (χ3v) is 3.93. The highest BCUT2D eigenvalue weighted by Crippen LogP contribution is 2.21. The van der Waals surface area contributed by atoms with E-state index in [0.29, 0.717) is 27.4 Å². The van der Waals surface area contributed by atoms with Gasteiger partial charge in [-0.3, -0.25) is 4.79 Å². The van der Waals surface area contributed by atoms with Crippen molar-refractivity contribution in [2.45, 2.75) is 6.10 Å². The highest BCUT2D eigenvalue weighted by molar-refractivity contribution is 6.31. The number of aliphatic hydroxyl groups is 1. The first kappa shape index (κ1) is 16.9. The zero-order chi connectivity index (χ0) is 18.0. The molecule has 0 bridgehead atoms. The quantitative estimate of drug-likeness (QED) is 0.377. The summed E-state index contributed by atoms with van der Waals surface area (Å²) in [5.74, 6) is 0.608. The van der Waals surface area contributed by atoms with Crippen molar-refractivity contribution < 1.29 is 15.1 Å². The lowest BCUT2D eigenvalue weighted by Crippen LogP contribution is -2.25. The molecule has 2 aromatic carbocycles. The lowest BCUT2D eigenvalue weighted by molar-refractivity contribution is 0.235. The van der Waals surface area contributed by atoms with Crippen molar-refractivity contribution >= 4 is 28.3 Å². The molecule has 0 aliphatic carbocycles. The Labute approximate surface area is 147 Å². The highest BCUT2D eigenvalue weighted by atomic mass is 35.5. The van der Waals surface area contributed by atoms with E-state index < -0.39 is 11.7 Å². The number of fused-ring (bicyclic) bond motifs is 1. The fourth-order valence-electron chi connectivity index (χ4n) is 2.41. The fourth-order valence-corrected chi connectivity index (χ4v) is 2.58. The van der Waals surface area contributed by atoms with Crippen molar-refractivity contribution in [1.82, 2.24) is 9.97 Å². The van der Waals surface area contributed by atoms with E-state index in [-0.39, 0.29) is 11.4 Å². The molecule has 7 nitrogen and oxygen atoms in total. The van der Waals surface area contributed by atoms with E-state index in [1.807, 2.05) is 0 Å². The van der Waals surface area contributed by atoms with Gasteiger partial charge < -0.3 is 20.0 Å². The van der Waals surface area contributed by atoms with Gasteiger partial charge in [0.15, 0.2) is 5.69 Å². The maximum Gasteiger partial charge on any atom is 0.276 e. The predicted octanol–water partition coefficient (Wildman–Crippen LogP) is 2.50. The Morgan fingerprint density at radius 3 is 2.64 bits per heavy atom. The number of aromatic amines is 1. The largest absolute Gasteiger partial charge is 0.497 e. The van der Waals surface area contributed by atoms with Gasteiger partial charge in [0.1, 0.15) is 17.6 Å². The number of ether oxygens (including phenoxy) is 1. The average Bonchev–Trinajstić information content (AvgIpc) is 2.62. The van der Waals surface area contributed by atoms with Crippen molar-refractivity contribution in [3.8, 4) is 5.75 Å². The molecule has 1 atom stereocenters. The van der Waals surface area contributed by atoms with Gasteiger partial charge in [-0.15, -0.1) is 0 Å². The molecule has 1 heterocycles. The van der Waals surface area contributed by atoms with Crippen LogP contribution in [0.5, 0.6) is 5.75 Å². The Balaban J connectivity index is 2.05. The molecular formula is C17H14ClN3O4. The predicted molar refractivity (Wildman–Crippen MR) is 93.7 cm³/mol. The lowest BCUT2D eigenvalue weighted by atomic mass is 10.0. The van der Waals surface area contributed by atoms with Gasteiger partial charge in [0.25, 0.3) is 5.56 Å². The number of hydrogen-bond donors (Lipinski definition) is 3. The molecule has 0 saturated carbocycles. The molecule has 0 unspecified atom stereocenters. The second-order valence-electron chi connectivity index (χ2n) is 5.24. The smallest absolute Gasteiger partial charge is 0.276 e. The third-order valence-electron chi connectivity index (χ3n) is 3.70. The number of benzene rings is 2. The third kappa shape index (κ3) is 3.33. The number of methoxy groups -OCH3 is 1. The molecule has 128 valence electrons. The number of hydrogen-bond acceptors (Lipinski definition) is 6. The second kappa shape index (κ2) is 6.92. The number of nitrogens with one attached hydrogen (secondary N) is 1. The summed E-state index contributed by atoms with van der Waals surface area (Å²) in [4.78, 5) is 19.1. The Morgan fingerprint density at radius 1 is 1.28 bits per heavy atom.